The standard InChI is InChI=1S/C50H26N4O2/c51-27-29-20-23-41-38(26-29)46-42(24-21-36-33-13-3-7-18-43(33)56-50(36)46)54(41)48-30(28-52)10-9-15-34(48)31-11-1-5-16-39(31)53-40-17-6-2-12-32(40)35-22-25-45-47(49(35)53)37-14-4-8-19-44(37)55-45/h1-26H. The molecule has 8 aromatic carbocycles. The molecular weight excluding hydrogens is 689 g/mol. The summed E-state index contributed by atoms with van der Waals surface area (Å²) in [7, 11) is 0. The second kappa shape index (κ2) is 11.2. The number of benzene rings is 8. The lowest BCUT2D eigenvalue weighted by Gasteiger charge is -2.19. The van der Waals surface area contributed by atoms with Gasteiger partial charge in [-0.05, 0) is 72.8 Å². The van der Waals surface area contributed by atoms with Crippen molar-refractivity contribution in [2.24, 2.45) is 0 Å². The van der Waals surface area contributed by atoms with Crippen molar-refractivity contribution in [1.82, 2.24) is 9.13 Å². The van der Waals surface area contributed by atoms with E-state index in [0.717, 1.165) is 110 Å². The first-order valence-corrected chi connectivity index (χ1v) is 18.5. The number of rotatable bonds is 3. The zero-order valence-corrected chi connectivity index (χ0v) is 29.6. The summed E-state index contributed by atoms with van der Waals surface area (Å²) in [4.78, 5) is 0. The molecule has 0 saturated heterocycles. The molecule has 6 nitrogen and oxygen atoms in total. The molecule has 0 spiro atoms. The Morgan fingerprint density at radius 3 is 1.98 bits per heavy atom. The van der Waals surface area contributed by atoms with Crippen molar-refractivity contribution >= 4 is 87.5 Å². The maximum atomic E-state index is 10.9. The second-order valence-corrected chi connectivity index (χ2v) is 14.2. The summed E-state index contributed by atoms with van der Waals surface area (Å²) >= 11 is 0. The number of furan rings is 2. The highest BCUT2D eigenvalue weighted by atomic mass is 16.3. The monoisotopic (exact) mass is 714 g/mol. The first-order chi connectivity index (χ1) is 27.7. The van der Waals surface area contributed by atoms with E-state index in [0.29, 0.717) is 11.1 Å². The van der Waals surface area contributed by atoms with Gasteiger partial charge in [0.25, 0.3) is 0 Å². The molecule has 0 N–H and O–H groups in total. The lowest BCUT2D eigenvalue weighted by atomic mass is 9.97. The molecule has 0 aliphatic heterocycles. The Kier molecular flexibility index (Phi) is 6.10. The largest absolute Gasteiger partial charge is 0.456 e. The molecule has 258 valence electrons. The molecular formula is C50H26N4O2. The van der Waals surface area contributed by atoms with Crippen LogP contribution in [-0.2, 0) is 0 Å². The molecule has 0 amide bonds. The van der Waals surface area contributed by atoms with Crippen molar-refractivity contribution in [2.75, 3.05) is 0 Å². The van der Waals surface area contributed by atoms with Gasteiger partial charge in [-0.1, -0.05) is 84.9 Å². The third-order valence-corrected chi connectivity index (χ3v) is 11.4. The predicted octanol–water partition coefficient (Wildman–Crippen LogP) is 13.1. The molecule has 0 saturated carbocycles. The van der Waals surface area contributed by atoms with E-state index in [1.165, 1.54) is 0 Å². The smallest absolute Gasteiger partial charge is 0.145 e. The Hall–Kier alpha value is -8.06. The molecule has 4 aromatic heterocycles. The zero-order valence-electron chi connectivity index (χ0n) is 29.6. The van der Waals surface area contributed by atoms with Gasteiger partial charge in [0.2, 0.25) is 0 Å². The Labute approximate surface area is 318 Å². The number of aromatic nitrogens is 2. The molecule has 4 heterocycles. The highest BCUT2D eigenvalue weighted by Gasteiger charge is 2.25. The van der Waals surface area contributed by atoms with Gasteiger partial charge < -0.3 is 18.0 Å². The number of nitrogens with zero attached hydrogens (tertiary/aromatic N) is 4. The lowest BCUT2D eigenvalue weighted by Crippen LogP contribution is -2.03. The summed E-state index contributed by atoms with van der Waals surface area (Å²) in [5, 5.41) is 29.1. The molecule has 12 aromatic rings. The average Bonchev–Trinajstić information content (AvgIpc) is 4.00. The molecule has 0 radical (unpaired) electrons. The first-order valence-electron chi connectivity index (χ1n) is 18.5. The highest BCUT2D eigenvalue weighted by molar-refractivity contribution is 6.26. The molecule has 0 aliphatic rings. The summed E-state index contributed by atoms with van der Waals surface area (Å²) in [6.07, 6.45) is 0. The van der Waals surface area contributed by atoms with Crippen LogP contribution in [0.15, 0.2) is 167 Å². The van der Waals surface area contributed by atoms with E-state index >= 15 is 0 Å². The van der Waals surface area contributed by atoms with Crippen LogP contribution in [0.2, 0.25) is 0 Å². The van der Waals surface area contributed by atoms with Gasteiger partial charge in [0, 0.05) is 43.4 Å². The predicted molar refractivity (Wildman–Crippen MR) is 225 cm³/mol. The van der Waals surface area contributed by atoms with Crippen LogP contribution in [0.5, 0.6) is 0 Å². The SMILES string of the molecule is N#Cc1ccc2c(c1)c1c3oc4ccccc4c3ccc1n2-c1c(C#N)cccc1-c1ccccc1-n1c2ccccc2c2ccc3oc4ccccc4c3c21. The van der Waals surface area contributed by atoms with Gasteiger partial charge in [-0.15, -0.1) is 0 Å². The van der Waals surface area contributed by atoms with E-state index in [9.17, 15) is 10.5 Å². The summed E-state index contributed by atoms with van der Waals surface area (Å²) < 4.78 is 17.6. The van der Waals surface area contributed by atoms with Crippen molar-refractivity contribution in [1.29, 1.82) is 10.5 Å². The molecule has 0 unspecified atom stereocenters. The fraction of sp³-hybridized carbons (Fsp3) is 0. The number of nitriles is 2. The number of hydrogen-bond donors (Lipinski definition) is 0. The third kappa shape index (κ3) is 3.97. The number of para-hydroxylation sites is 5. The molecule has 12 rings (SSSR count). The van der Waals surface area contributed by atoms with Crippen LogP contribution in [0.25, 0.3) is 110 Å². The Morgan fingerprint density at radius 1 is 0.429 bits per heavy atom. The normalized spacial score (nSPS) is 11.9. The van der Waals surface area contributed by atoms with Gasteiger partial charge in [-0.25, -0.2) is 0 Å². The summed E-state index contributed by atoms with van der Waals surface area (Å²) in [5.41, 5.74) is 11.7. The molecule has 6 heteroatoms. The number of hydrogen-bond acceptors (Lipinski definition) is 4. The van der Waals surface area contributed by atoms with Crippen molar-refractivity contribution in [3.8, 4) is 34.6 Å². The second-order valence-electron chi connectivity index (χ2n) is 14.2. The fourth-order valence-corrected chi connectivity index (χ4v) is 9.10. The van der Waals surface area contributed by atoms with Crippen LogP contribution in [-0.4, -0.2) is 9.13 Å². The first kappa shape index (κ1) is 30.4. The quantitative estimate of drug-likeness (QED) is 0.182. The van der Waals surface area contributed by atoms with Gasteiger partial charge in [-0.2, -0.15) is 10.5 Å². The maximum absolute atomic E-state index is 10.9. The van der Waals surface area contributed by atoms with Gasteiger partial charge in [0.05, 0.1) is 61.4 Å². The van der Waals surface area contributed by atoms with Crippen LogP contribution in [0.1, 0.15) is 11.1 Å². The van der Waals surface area contributed by atoms with E-state index in [4.69, 9.17) is 8.83 Å². The molecule has 0 fully saturated rings. The van der Waals surface area contributed by atoms with Gasteiger partial charge in [0.15, 0.2) is 0 Å². The zero-order chi connectivity index (χ0) is 37.1. The summed E-state index contributed by atoms with van der Waals surface area (Å²) in [5.74, 6) is 0. The minimum absolute atomic E-state index is 0.524. The fourth-order valence-electron chi connectivity index (χ4n) is 9.10. The minimum Gasteiger partial charge on any atom is -0.456 e. The third-order valence-electron chi connectivity index (χ3n) is 11.4. The molecule has 0 bridgehead atoms. The van der Waals surface area contributed by atoms with Crippen LogP contribution in [0.3, 0.4) is 0 Å². The summed E-state index contributed by atoms with van der Waals surface area (Å²) in [6.45, 7) is 0. The van der Waals surface area contributed by atoms with E-state index in [-0.39, 0.29) is 0 Å². The van der Waals surface area contributed by atoms with Crippen LogP contribution >= 0.6 is 0 Å². The van der Waals surface area contributed by atoms with Crippen LogP contribution < -0.4 is 0 Å². The van der Waals surface area contributed by atoms with Gasteiger partial charge in [0.1, 0.15) is 28.4 Å². The van der Waals surface area contributed by atoms with Crippen molar-refractivity contribution in [3.63, 3.8) is 0 Å². The molecule has 0 aliphatic carbocycles. The van der Waals surface area contributed by atoms with Crippen molar-refractivity contribution in [3.05, 3.63) is 169 Å². The van der Waals surface area contributed by atoms with Gasteiger partial charge >= 0.3 is 0 Å². The molecule has 0 atom stereocenters. The Bertz CT molecular complexity index is 3750. The minimum atomic E-state index is 0.524. The van der Waals surface area contributed by atoms with Crippen molar-refractivity contribution in [2.45, 2.75) is 0 Å². The van der Waals surface area contributed by atoms with E-state index in [1.807, 2.05) is 60.7 Å². The van der Waals surface area contributed by atoms with E-state index in [2.05, 4.69) is 118 Å². The average molecular weight is 715 g/mol. The maximum Gasteiger partial charge on any atom is 0.145 e. The van der Waals surface area contributed by atoms with Crippen LogP contribution in [0, 0.1) is 22.7 Å². The van der Waals surface area contributed by atoms with Crippen molar-refractivity contribution < 1.29 is 8.83 Å². The molecule has 56 heavy (non-hydrogen) atoms. The van der Waals surface area contributed by atoms with E-state index < -0.39 is 0 Å². The lowest BCUT2D eigenvalue weighted by molar-refractivity contribution is 0.669. The summed E-state index contributed by atoms with van der Waals surface area (Å²) in [6, 6.07) is 58.2. The highest BCUT2D eigenvalue weighted by Crippen LogP contribution is 2.46. The van der Waals surface area contributed by atoms with Crippen LogP contribution in [0.4, 0.5) is 0 Å². The van der Waals surface area contributed by atoms with Gasteiger partial charge in [-0.3, -0.25) is 0 Å². The number of fused-ring (bicyclic) bond motifs is 14. The Morgan fingerprint density at radius 2 is 1.12 bits per heavy atom. The Balaban J connectivity index is 1.22. The topological polar surface area (TPSA) is 83.7 Å². The van der Waals surface area contributed by atoms with E-state index in [1.54, 1.807) is 0 Å².